The van der Waals surface area contributed by atoms with Gasteiger partial charge in [0.15, 0.2) is 0 Å². The highest BCUT2D eigenvalue weighted by molar-refractivity contribution is 6.23. The van der Waals surface area contributed by atoms with Crippen LogP contribution >= 0.6 is 0 Å². The molecule has 0 spiro atoms. The summed E-state index contributed by atoms with van der Waals surface area (Å²) in [6, 6.07) is 21.4. The molecule has 0 fully saturated rings. The maximum atomic E-state index is 6.17. The lowest BCUT2D eigenvalue weighted by Crippen LogP contribution is -1.95. The van der Waals surface area contributed by atoms with Crippen molar-refractivity contribution in [3.8, 4) is 5.95 Å². The van der Waals surface area contributed by atoms with Crippen molar-refractivity contribution in [3.05, 3.63) is 66.9 Å². The number of benzene rings is 4. The smallest absolute Gasteiger partial charge is 0.285 e. The molecule has 0 atom stereocenters. The van der Waals surface area contributed by atoms with Gasteiger partial charge < -0.3 is 13.6 Å². The molecule has 0 unspecified atom stereocenters. The molecule has 33 heavy (non-hydrogen) atoms. The van der Waals surface area contributed by atoms with Gasteiger partial charge in [-0.1, -0.05) is 75.4 Å². The second kappa shape index (κ2) is 8.47. The predicted molar refractivity (Wildman–Crippen MR) is 137 cm³/mol. The van der Waals surface area contributed by atoms with Crippen LogP contribution in [0.25, 0.3) is 54.3 Å². The summed E-state index contributed by atoms with van der Waals surface area (Å²) in [7, 11) is 0. The van der Waals surface area contributed by atoms with Crippen molar-refractivity contribution in [2.45, 2.75) is 45.4 Å². The lowest BCUT2D eigenvalue weighted by Gasteiger charge is -2.08. The minimum Gasteiger partial charge on any atom is -0.465 e. The molecular formula is C30H28O3. The van der Waals surface area contributed by atoms with E-state index in [4.69, 9.17) is 13.6 Å². The van der Waals surface area contributed by atoms with E-state index in [9.17, 15) is 0 Å². The summed E-state index contributed by atoms with van der Waals surface area (Å²) in [6.45, 7) is 2.96. The molecule has 4 aromatic carbocycles. The normalized spacial score (nSPS) is 12.0. The summed E-state index contributed by atoms with van der Waals surface area (Å²) in [5, 5.41) is 9.33. The number of ether oxygens (including phenoxy) is 1. The van der Waals surface area contributed by atoms with Gasteiger partial charge in [-0.15, -0.1) is 0 Å². The van der Waals surface area contributed by atoms with E-state index in [0.29, 0.717) is 12.6 Å². The Labute approximate surface area is 192 Å². The van der Waals surface area contributed by atoms with Gasteiger partial charge in [-0.2, -0.15) is 0 Å². The Bertz CT molecular complexity index is 1580. The average molecular weight is 437 g/mol. The van der Waals surface area contributed by atoms with Gasteiger partial charge in [-0.3, -0.25) is 0 Å². The predicted octanol–water partition coefficient (Wildman–Crippen LogP) is 9.38. The maximum Gasteiger partial charge on any atom is 0.285 e. The molecule has 0 N–H and O–H groups in total. The van der Waals surface area contributed by atoms with Crippen molar-refractivity contribution in [1.29, 1.82) is 0 Å². The molecule has 0 saturated carbocycles. The molecular weight excluding hydrogens is 408 g/mol. The summed E-state index contributed by atoms with van der Waals surface area (Å²) >= 11 is 0. The van der Waals surface area contributed by atoms with Gasteiger partial charge in [0, 0.05) is 27.6 Å². The van der Waals surface area contributed by atoms with Crippen LogP contribution in [0.2, 0.25) is 0 Å². The number of fused-ring (bicyclic) bond motifs is 9. The van der Waals surface area contributed by atoms with Gasteiger partial charge in [0.1, 0.15) is 11.2 Å². The number of hydrogen-bond acceptors (Lipinski definition) is 3. The molecule has 0 bridgehead atoms. The average Bonchev–Trinajstić information content (AvgIpc) is 3.49. The van der Waals surface area contributed by atoms with Crippen molar-refractivity contribution in [1.82, 2.24) is 0 Å². The van der Waals surface area contributed by atoms with E-state index in [1.807, 2.05) is 12.1 Å². The number of furan rings is 2. The van der Waals surface area contributed by atoms with Gasteiger partial charge in [0.05, 0.1) is 12.9 Å². The number of rotatable bonds is 8. The molecule has 0 aliphatic rings. The number of hydrogen-bond donors (Lipinski definition) is 0. The van der Waals surface area contributed by atoms with E-state index in [2.05, 4.69) is 55.5 Å². The Kier molecular flexibility index (Phi) is 5.18. The first kappa shape index (κ1) is 20.2. The quantitative estimate of drug-likeness (QED) is 0.176. The largest absolute Gasteiger partial charge is 0.465 e. The molecule has 0 radical (unpaired) electrons. The van der Waals surface area contributed by atoms with Crippen LogP contribution in [-0.4, -0.2) is 6.61 Å². The van der Waals surface area contributed by atoms with Gasteiger partial charge in [-0.25, -0.2) is 0 Å². The Morgan fingerprint density at radius 1 is 0.606 bits per heavy atom. The lowest BCUT2D eigenvalue weighted by molar-refractivity contribution is 0.242. The summed E-state index contributed by atoms with van der Waals surface area (Å²) in [5.74, 6) is 0.616. The summed E-state index contributed by atoms with van der Waals surface area (Å²) in [5.41, 5.74) is 1.84. The fourth-order valence-corrected chi connectivity index (χ4v) is 5.07. The van der Waals surface area contributed by atoms with E-state index in [0.717, 1.165) is 39.1 Å². The summed E-state index contributed by atoms with van der Waals surface area (Å²) in [6.07, 6.45) is 9.26. The third-order valence-electron chi connectivity index (χ3n) is 6.81. The Hall–Kier alpha value is -3.46. The van der Waals surface area contributed by atoms with Gasteiger partial charge in [0.25, 0.3) is 5.95 Å². The van der Waals surface area contributed by atoms with Crippen molar-refractivity contribution >= 4 is 54.3 Å². The Morgan fingerprint density at radius 2 is 1.21 bits per heavy atom. The third kappa shape index (κ3) is 3.52. The Balaban J connectivity index is 1.34. The summed E-state index contributed by atoms with van der Waals surface area (Å²) in [4.78, 5) is 0. The fourth-order valence-electron chi connectivity index (χ4n) is 5.07. The molecule has 3 heteroatoms. The maximum absolute atomic E-state index is 6.17. The molecule has 0 aliphatic carbocycles. The minimum atomic E-state index is 0.616. The highest BCUT2D eigenvalue weighted by atomic mass is 16.6. The number of unbranched alkanes of at least 4 members (excludes halogenated alkanes) is 5. The van der Waals surface area contributed by atoms with Crippen molar-refractivity contribution < 1.29 is 13.6 Å². The van der Waals surface area contributed by atoms with E-state index >= 15 is 0 Å². The first-order chi connectivity index (χ1) is 16.3. The minimum absolute atomic E-state index is 0.616. The fraction of sp³-hybridized carbons (Fsp3) is 0.267. The van der Waals surface area contributed by atoms with Crippen LogP contribution in [0, 0.1) is 0 Å². The highest BCUT2D eigenvalue weighted by Crippen LogP contribution is 2.38. The van der Waals surface area contributed by atoms with Crippen LogP contribution in [0.5, 0.6) is 5.95 Å². The van der Waals surface area contributed by atoms with Crippen LogP contribution in [0.3, 0.4) is 0 Å². The molecule has 0 saturated heterocycles. The van der Waals surface area contributed by atoms with E-state index in [-0.39, 0.29) is 0 Å². The third-order valence-corrected chi connectivity index (χ3v) is 6.81. The molecule has 6 rings (SSSR count). The standard InChI is InChI=1S/C30H28O3/c1-2-3-4-5-6-7-17-31-28-19-21-9-11-25-23-12-14-26-24(10-8-20-16-18-32-29(20)26)22(23)13-15-27(25)30(21)33-28/h8-16,18-19H,2-7,17H2,1H3. The van der Waals surface area contributed by atoms with E-state index < -0.39 is 0 Å². The van der Waals surface area contributed by atoms with Gasteiger partial charge in [0.2, 0.25) is 0 Å². The topological polar surface area (TPSA) is 35.5 Å². The van der Waals surface area contributed by atoms with Crippen molar-refractivity contribution in [2.24, 2.45) is 0 Å². The second-order valence-corrected chi connectivity index (χ2v) is 8.99. The van der Waals surface area contributed by atoms with Crippen LogP contribution in [0.1, 0.15) is 45.4 Å². The molecule has 0 amide bonds. The van der Waals surface area contributed by atoms with Crippen LogP contribution in [0.15, 0.2) is 75.8 Å². The SMILES string of the molecule is CCCCCCCCOc1cc2ccc3c4ccc5c(ccc6ccoc65)c4ccc3c2o1. The zero-order chi connectivity index (χ0) is 22.2. The molecule has 0 aliphatic heterocycles. The summed E-state index contributed by atoms with van der Waals surface area (Å²) < 4.78 is 17.9. The molecule has 6 aromatic rings. The van der Waals surface area contributed by atoms with Crippen LogP contribution < -0.4 is 4.74 Å². The zero-order valence-electron chi connectivity index (χ0n) is 19.0. The van der Waals surface area contributed by atoms with Crippen molar-refractivity contribution in [3.63, 3.8) is 0 Å². The molecule has 2 aromatic heterocycles. The molecule has 3 nitrogen and oxygen atoms in total. The van der Waals surface area contributed by atoms with Crippen LogP contribution in [0.4, 0.5) is 0 Å². The molecule has 166 valence electrons. The first-order valence-corrected chi connectivity index (χ1v) is 12.1. The van der Waals surface area contributed by atoms with Gasteiger partial charge in [-0.05, 0) is 46.2 Å². The second-order valence-electron chi connectivity index (χ2n) is 8.99. The lowest BCUT2D eigenvalue weighted by atomic mass is 9.96. The highest BCUT2D eigenvalue weighted by Gasteiger charge is 2.13. The first-order valence-electron chi connectivity index (χ1n) is 12.1. The Morgan fingerprint density at radius 3 is 2.00 bits per heavy atom. The van der Waals surface area contributed by atoms with Gasteiger partial charge >= 0.3 is 0 Å². The molecule has 2 heterocycles. The van der Waals surface area contributed by atoms with Crippen LogP contribution in [-0.2, 0) is 0 Å². The zero-order valence-corrected chi connectivity index (χ0v) is 19.0. The monoisotopic (exact) mass is 436 g/mol. The van der Waals surface area contributed by atoms with E-state index in [1.165, 1.54) is 53.6 Å². The van der Waals surface area contributed by atoms with Crippen molar-refractivity contribution in [2.75, 3.05) is 6.61 Å². The van der Waals surface area contributed by atoms with E-state index in [1.54, 1.807) is 6.26 Å².